The summed E-state index contributed by atoms with van der Waals surface area (Å²) in [4.78, 5) is 34.5. The summed E-state index contributed by atoms with van der Waals surface area (Å²) in [5.74, 6) is 2.84. The van der Waals surface area contributed by atoms with Gasteiger partial charge in [0.05, 0.1) is 4.92 Å². The van der Waals surface area contributed by atoms with Crippen LogP contribution in [0.1, 0.15) is 48.9 Å². The van der Waals surface area contributed by atoms with Gasteiger partial charge in [-0.15, -0.1) is 0 Å². The van der Waals surface area contributed by atoms with E-state index in [9.17, 15) is 19.7 Å². The van der Waals surface area contributed by atoms with Crippen LogP contribution in [0.5, 0.6) is 0 Å². The SMILES string of the molecule is O=C(CCNC(=O)c1ccc([N+](=O)[O-])cc1)N[C@@H]1C[C@H]2C[C@H]1[C@@H]1CCC[C@H]21. The van der Waals surface area contributed by atoms with E-state index in [2.05, 4.69) is 10.6 Å². The van der Waals surface area contributed by atoms with Gasteiger partial charge in [0.1, 0.15) is 0 Å². The Balaban J connectivity index is 1.21. The lowest BCUT2D eigenvalue weighted by Crippen LogP contribution is -2.43. The molecule has 0 spiro atoms. The number of nitro groups is 1. The average molecular weight is 371 g/mol. The molecule has 2 amide bonds. The maximum absolute atomic E-state index is 12.3. The molecule has 0 heterocycles. The number of nitrogens with one attached hydrogen (secondary N) is 2. The third-order valence-electron chi connectivity index (χ3n) is 6.75. The number of nitrogens with zero attached hydrogens (tertiary/aromatic N) is 1. The summed E-state index contributed by atoms with van der Waals surface area (Å²) in [5, 5.41) is 16.5. The maximum atomic E-state index is 12.3. The normalized spacial score (nSPS) is 30.7. The van der Waals surface area contributed by atoms with Crippen molar-refractivity contribution in [3.05, 3.63) is 39.9 Å². The fraction of sp³-hybridized carbons (Fsp3) is 0.600. The van der Waals surface area contributed by atoms with Crippen LogP contribution in [0.2, 0.25) is 0 Å². The zero-order valence-electron chi connectivity index (χ0n) is 15.2. The molecule has 7 nitrogen and oxygen atoms in total. The number of benzene rings is 1. The molecule has 4 rings (SSSR count). The van der Waals surface area contributed by atoms with Crippen LogP contribution < -0.4 is 10.6 Å². The topological polar surface area (TPSA) is 101 Å². The maximum Gasteiger partial charge on any atom is 0.269 e. The summed E-state index contributed by atoms with van der Waals surface area (Å²) in [6.07, 6.45) is 6.69. The van der Waals surface area contributed by atoms with Gasteiger partial charge in [0.2, 0.25) is 5.91 Å². The summed E-state index contributed by atoms with van der Waals surface area (Å²) in [6.45, 7) is 0.258. The van der Waals surface area contributed by atoms with E-state index in [0.717, 1.165) is 24.2 Å². The first kappa shape index (κ1) is 17.9. The van der Waals surface area contributed by atoms with Crippen LogP contribution in [-0.4, -0.2) is 29.3 Å². The first-order valence-electron chi connectivity index (χ1n) is 9.85. The van der Waals surface area contributed by atoms with Gasteiger partial charge in [-0.1, -0.05) is 6.42 Å². The second kappa shape index (κ2) is 7.29. The van der Waals surface area contributed by atoms with Crippen LogP contribution in [-0.2, 0) is 4.79 Å². The van der Waals surface area contributed by atoms with E-state index >= 15 is 0 Å². The van der Waals surface area contributed by atoms with Gasteiger partial charge >= 0.3 is 0 Å². The van der Waals surface area contributed by atoms with Crippen molar-refractivity contribution in [2.75, 3.05) is 6.54 Å². The molecule has 2 bridgehead atoms. The Morgan fingerprint density at radius 1 is 1.07 bits per heavy atom. The Bertz CT molecular complexity index is 748. The molecule has 0 aromatic heterocycles. The molecule has 0 radical (unpaired) electrons. The van der Waals surface area contributed by atoms with Crippen molar-refractivity contribution in [1.82, 2.24) is 10.6 Å². The van der Waals surface area contributed by atoms with Crippen LogP contribution in [0.25, 0.3) is 0 Å². The number of amides is 2. The van der Waals surface area contributed by atoms with Gasteiger partial charge in [-0.05, 0) is 61.5 Å². The predicted octanol–water partition coefficient (Wildman–Crippen LogP) is 2.66. The zero-order chi connectivity index (χ0) is 19.0. The molecular weight excluding hydrogens is 346 g/mol. The van der Waals surface area contributed by atoms with Crippen molar-refractivity contribution in [1.29, 1.82) is 0 Å². The van der Waals surface area contributed by atoms with Gasteiger partial charge in [0, 0.05) is 36.7 Å². The summed E-state index contributed by atoms with van der Waals surface area (Å²) < 4.78 is 0. The molecule has 1 aromatic rings. The molecule has 3 fully saturated rings. The zero-order valence-corrected chi connectivity index (χ0v) is 15.2. The second-order valence-electron chi connectivity index (χ2n) is 8.14. The minimum atomic E-state index is -0.504. The molecule has 27 heavy (non-hydrogen) atoms. The minimum Gasteiger partial charge on any atom is -0.353 e. The highest BCUT2D eigenvalue weighted by Crippen LogP contribution is 2.58. The van der Waals surface area contributed by atoms with E-state index in [1.54, 1.807) is 0 Å². The average Bonchev–Trinajstić information content (AvgIpc) is 3.34. The van der Waals surface area contributed by atoms with E-state index in [1.807, 2.05) is 0 Å². The first-order chi connectivity index (χ1) is 13.0. The van der Waals surface area contributed by atoms with Gasteiger partial charge in [0.25, 0.3) is 11.6 Å². The lowest BCUT2D eigenvalue weighted by atomic mass is 9.79. The first-order valence-corrected chi connectivity index (χ1v) is 9.85. The van der Waals surface area contributed by atoms with Crippen LogP contribution in [0.3, 0.4) is 0 Å². The van der Waals surface area contributed by atoms with Crippen molar-refractivity contribution in [3.8, 4) is 0 Å². The van der Waals surface area contributed by atoms with Crippen molar-refractivity contribution in [3.63, 3.8) is 0 Å². The largest absolute Gasteiger partial charge is 0.353 e. The van der Waals surface area contributed by atoms with Gasteiger partial charge in [-0.3, -0.25) is 19.7 Å². The molecule has 3 saturated carbocycles. The monoisotopic (exact) mass is 371 g/mol. The standard InChI is InChI=1S/C20H25N3O4/c24-19(22-18-11-13-10-17(18)16-3-1-2-15(13)16)8-9-21-20(25)12-4-6-14(7-5-12)23(26)27/h4-7,13,15-18H,1-3,8-11H2,(H,21,25)(H,22,24)/t13-,15-,16-,17+,18-/m1/s1. The van der Waals surface area contributed by atoms with E-state index in [4.69, 9.17) is 0 Å². The molecule has 0 unspecified atom stereocenters. The third kappa shape index (κ3) is 3.55. The summed E-state index contributed by atoms with van der Waals surface area (Å²) >= 11 is 0. The van der Waals surface area contributed by atoms with Crippen LogP contribution >= 0.6 is 0 Å². The molecule has 3 aliphatic rings. The Labute approximate surface area is 158 Å². The van der Waals surface area contributed by atoms with Crippen LogP contribution in [0.4, 0.5) is 5.69 Å². The lowest BCUT2D eigenvalue weighted by Gasteiger charge is -2.32. The quantitative estimate of drug-likeness (QED) is 0.593. The Morgan fingerprint density at radius 3 is 2.56 bits per heavy atom. The van der Waals surface area contributed by atoms with E-state index in [-0.39, 0.29) is 30.5 Å². The molecule has 144 valence electrons. The van der Waals surface area contributed by atoms with Crippen molar-refractivity contribution >= 4 is 17.5 Å². The van der Waals surface area contributed by atoms with Crippen LogP contribution in [0.15, 0.2) is 24.3 Å². The highest BCUT2D eigenvalue weighted by atomic mass is 16.6. The van der Waals surface area contributed by atoms with Gasteiger partial charge in [-0.25, -0.2) is 0 Å². The number of rotatable bonds is 6. The predicted molar refractivity (Wildman–Crippen MR) is 99.0 cm³/mol. The highest BCUT2D eigenvalue weighted by Gasteiger charge is 2.53. The smallest absolute Gasteiger partial charge is 0.269 e. The van der Waals surface area contributed by atoms with E-state index in [0.29, 0.717) is 17.5 Å². The fourth-order valence-corrected chi connectivity index (χ4v) is 5.64. The summed E-state index contributed by atoms with van der Waals surface area (Å²) in [7, 11) is 0. The molecule has 1 aromatic carbocycles. The number of fused-ring (bicyclic) bond motifs is 5. The van der Waals surface area contributed by atoms with E-state index < -0.39 is 4.92 Å². The Morgan fingerprint density at radius 2 is 1.81 bits per heavy atom. The number of nitro benzene ring substituents is 1. The van der Waals surface area contributed by atoms with Gasteiger partial charge in [-0.2, -0.15) is 0 Å². The number of hydrogen-bond acceptors (Lipinski definition) is 4. The molecule has 0 aliphatic heterocycles. The number of hydrogen-bond donors (Lipinski definition) is 2. The molecular formula is C20H25N3O4. The number of carbonyl (C=O) groups excluding carboxylic acids is 2. The summed E-state index contributed by atoms with van der Waals surface area (Å²) in [6, 6.07) is 5.74. The number of carbonyl (C=O) groups is 2. The molecule has 7 heteroatoms. The fourth-order valence-electron chi connectivity index (χ4n) is 5.64. The molecule has 2 N–H and O–H groups in total. The molecule has 0 saturated heterocycles. The molecule has 5 atom stereocenters. The highest BCUT2D eigenvalue weighted by molar-refractivity contribution is 5.94. The lowest BCUT2D eigenvalue weighted by molar-refractivity contribution is -0.384. The Kier molecular flexibility index (Phi) is 4.85. The summed E-state index contributed by atoms with van der Waals surface area (Å²) in [5.41, 5.74) is 0.294. The van der Waals surface area contributed by atoms with Crippen molar-refractivity contribution in [2.45, 2.75) is 44.6 Å². The van der Waals surface area contributed by atoms with Gasteiger partial charge < -0.3 is 10.6 Å². The second-order valence-corrected chi connectivity index (χ2v) is 8.14. The third-order valence-corrected chi connectivity index (χ3v) is 6.75. The van der Waals surface area contributed by atoms with Crippen molar-refractivity contribution < 1.29 is 14.5 Å². The Hall–Kier alpha value is -2.44. The van der Waals surface area contributed by atoms with Crippen molar-refractivity contribution in [2.24, 2.45) is 23.7 Å². The van der Waals surface area contributed by atoms with Gasteiger partial charge in [0.15, 0.2) is 0 Å². The van der Waals surface area contributed by atoms with E-state index in [1.165, 1.54) is 49.9 Å². The minimum absolute atomic E-state index is 0.00824. The molecule has 3 aliphatic carbocycles. The van der Waals surface area contributed by atoms with Crippen LogP contribution in [0, 0.1) is 33.8 Å². The number of non-ortho nitro benzene ring substituents is 1.